The Morgan fingerprint density at radius 3 is 2.75 bits per heavy atom. The van der Waals surface area contributed by atoms with E-state index in [1.165, 1.54) is 30.3 Å². The van der Waals surface area contributed by atoms with Gasteiger partial charge in [-0.1, -0.05) is 0 Å². The van der Waals surface area contributed by atoms with Gasteiger partial charge in [0.05, 0.1) is 7.11 Å². The van der Waals surface area contributed by atoms with E-state index in [4.69, 9.17) is 10.5 Å². The van der Waals surface area contributed by atoms with Crippen molar-refractivity contribution in [3.8, 4) is 11.4 Å². The number of aryl methyl sites for hydroxylation is 1. The zero-order chi connectivity index (χ0) is 11.7. The number of hydrogen-bond donors (Lipinski definition) is 1. The van der Waals surface area contributed by atoms with Crippen LogP contribution in [0.5, 0.6) is 5.75 Å². The minimum atomic E-state index is -0.498. The van der Waals surface area contributed by atoms with Gasteiger partial charge in [0.25, 0.3) is 0 Å². The summed E-state index contributed by atoms with van der Waals surface area (Å²) in [5.41, 5.74) is 6.03. The maximum Gasteiger partial charge on any atom is 0.154 e. The fourth-order valence-electron chi connectivity index (χ4n) is 1.43. The first-order valence-corrected chi connectivity index (χ1v) is 4.63. The molecule has 5 nitrogen and oxygen atoms in total. The van der Waals surface area contributed by atoms with Crippen molar-refractivity contribution in [1.29, 1.82) is 0 Å². The molecule has 6 heteroatoms. The zero-order valence-electron chi connectivity index (χ0n) is 8.94. The summed E-state index contributed by atoms with van der Waals surface area (Å²) < 4.78 is 20.1. The van der Waals surface area contributed by atoms with Crippen molar-refractivity contribution in [2.75, 3.05) is 12.8 Å². The minimum Gasteiger partial charge on any atom is -0.494 e. The summed E-state index contributed by atoms with van der Waals surface area (Å²) in [4.78, 5) is 3.93. The molecule has 0 unspecified atom stereocenters. The molecule has 2 N–H and O–H groups in total. The molecule has 0 radical (unpaired) electrons. The minimum absolute atomic E-state index is 0.206. The van der Waals surface area contributed by atoms with E-state index in [1.54, 1.807) is 6.92 Å². The summed E-state index contributed by atoms with van der Waals surface area (Å²) in [6.45, 7) is 1.72. The third-order valence-electron chi connectivity index (χ3n) is 2.11. The van der Waals surface area contributed by atoms with Crippen LogP contribution in [0.4, 0.5) is 10.1 Å². The van der Waals surface area contributed by atoms with Crippen molar-refractivity contribution in [1.82, 2.24) is 14.8 Å². The van der Waals surface area contributed by atoms with Crippen molar-refractivity contribution < 1.29 is 9.13 Å². The van der Waals surface area contributed by atoms with Crippen molar-refractivity contribution in [3.63, 3.8) is 0 Å². The summed E-state index contributed by atoms with van der Waals surface area (Å²) in [6.07, 6.45) is 1.42. The SMILES string of the molecule is COc1cc(N)cc(F)c1-n1cnc(C)n1. The fourth-order valence-corrected chi connectivity index (χ4v) is 1.43. The Morgan fingerprint density at radius 2 is 2.19 bits per heavy atom. The van der Waals surface area contributed by atoms with E-state index in [1.807, 2.05) is 0 Å². The Hall–Kier alpha value is -2.11. The highest BCUT2D eigenvalue weighted by atomic mass is 19.1. The Morgan fingerprint density at radius 1 is 1.44 bits per heavy atom. The molecule has 0 aliphatic heterocycles. The average Bonchev–Trinajstić information content (AvgIpc) is 2.63. The Kier molecular flexibility index (Phi) is 2.47. The molecule has 1 aromatic heterocycles. The van der Waals surface area contributed by atoms with Crippen molar-refractivity contribution >= 4 is 5.69 Å². The molecule has 0 bridgehead atoms. The number of aromatic nitrogens is 3. The number of ether oxygens (including phenoxy) is 1. The normalized spacial score (nSPS) is 10.4. The summed E-state index contributed by atoms with van der Waals surface area (Å²) in [5, 5.41) is 4.02. The molecule has 0 fully saturated rings. The van der Waals surface area contributed by atoms with Crippen LogP contribution in [0.2, 0.25) is 0 Å². The lowest BCUT2D eigenvalue weighted by Crippen LogP contribution is -2.03. The molecule has 2 rings (SSSR count). The van der Waals surface area contributed by atoms with Crippen LogP contribution >= 0.6 is 0 Å². The van der Waals surface area contributed by atoms with Gasteiger partial charge in [0.2, 0.25) is 0 Å². The number of halogens is 1. The third-order valence-corrected chi connectivity index (χ3v) is 2.11. The van der Waals surface area contributed by atoms with E-state index < -0.39 is 5.82 Å². The second kappa shape index (κ2) is 3.80. The monoisotopic (exact) mass is 222 g/mol. The van der Waals surface area contributed by atoms with Gasteiger partial charge in [-0.3, -0.25) is 0 Å². The number of nitrogens with zero attached hydrogens (tertiary/aromatic N) is 3. The van der Waals surface area contributed by atoms with Gasteiger partial charge < -0.3 is 10.5 Å². The van der Waals surface area contributed by atoms with Gasteiger partial charge in [0.1, 0.15) is 23.6 Å². The quantitative estimate of drug-likeness (QED) is 0.778. The van der Waals surface area contributed by atoms with Crippen LogP contribution in [0.3, 0.4) is 0 Å². The maximum absolute atomic E-state index is 13.7. The van der Waals surface area contributed by atoms with Crippen LogP contribution in [0, 0.1) is 12.7 Å². The van der Waals surface area contributed by atoms with Gasteiger partial charge >= 0.3 is 0 Å². The second-order valence-corrected chi connectivity index (χ2v) is 3.29. The maximum atomic E-state index is 13.7. The van der Waals surface area contributed by atoms with E-state index >= 15 is 0 Å². The number of nitrogens with two attached hydrogens (primary N) is 1. The largest absolute Gasteiger partial charge is 0.494 e. The molecule has 0 saturated carbocycles. The second-order valence-electron chi connectivity index (χ2n) is 3.29. The van der Waals surface area contributed by atoms with Crippen LogP contribution in [0.1, 0.15) is 5.82 Å². The van der Waals surface area contributed by atoms with Crippen LogP contribution < -0.4 is 10.5 Å². The lowest BCUT2D eigenvalue weighted by molar-refractivity contribution is 0.407. The number of methoxy groups -OCH3 is 1. The summed E-state index contributed by atoms with van der Waals surface area (Å²) >= 11 is 0. The van der Waals surface area contributed by atoms with Crippen LogP contribution in [0.15, 0.2) is 18.5 Å². The third kappa shape index (κ3) is 1.69. The van der Waals surface area contributed by atoms with Crippen molar-refractivity contribution in [3.05, 3.63) is 30.1 Å². The molecule has 0 saturated heterocycles. The number of rotatable bonds is 2. The van der Waals surface area contributed by atoms with E-state index in [9.17, 15) is 4.39 Å². The first-order chi connectivity index (χ1) is 7.61. The molecular weight excluding hydrogens is 211 g/mol. The zero-order valence-corrected chi connectivity index (χ0v) is 8.94. The first kappa shape index (κ1) is 10.4. The van der Waals surface area contributed by atoms with Gasteiger partial charge in [0.15, 0.2) is 5.82 Å². The lowest BCUT2D eigenvalue weighted by Gasteiger charge is -2.09. The smallest absolute Gasteiger partial charge is 0.154 e. The summed E-state index contributed by atoms with van der Waals surface area (Å²) in [5.74, 6) is 0.377. The lowest BCUT2D eigenvalue weighted by atomic mass is 10.2. The van der Waals surface area contributed by atoms with Gasteiger partial charge in [0, 0.05) is 11.8 Å². The highest BCUT2D eigenvalue weighted by Crippen LogP contribution is 2.27. The molecule has 16 heavy (non-hydrogen) atoms. The molecule has 0 spiro atoms. The van der Waals surface area contributed by atoms with Crippen LogP contribution in [0.25, 0.3) is 5.69 Å². The Balaban J connectivity index is 2.63. The average molecular weight is 222 g/mol. The van der Waals surface area contributed by atoms with Gasteiger partial charge in [-0.25, -0.2) is 14.1 Å². The molecule has 0 amide bonds. The number of anilines is 1. The molecular formula is C10H11FN4O. The summed E-state index contributed by atoms with van der Waals surface area (Å²) in [7, 11) is 1.45. The first-order valence-electron chi connectivity index (χ1n) is 4.63. The highest BCUT2D eigenvalue weighted by molar-refractivity contribution is 5.56. The Labute approximate surface area is 91.7 Å². The summed E-state index contributed by atoms with van der Waals surface area (Å²) in [6, 6.07) is 2.75. The standard InChI is InChI=1S/C10H11FN4O/c1-6-13-5-15(14-6)10-8(11)3-7(12)4-9(10)16-2/h3-5H,12H2,1-2H3. The molecule has 1 heterocycles. The van der Waals surface area contributed by atoms with E-state index in [0.717, 1.165) is 0 Å². The molecule has 2 aromatic rings. The van der Waals surface area contributed by atoms with E-state index in [0.29, 0.717) is 17.3 Å². The van der Waals surface area contributed by atoms with Crippen molar-refractivity contribution in [2.45, 2.75) is 6.92 Å². The van der Waals surface area contributed by atoms with Gasteiger partial charge in [-0.2, -0.15) is 5.10 Å². The number of hydrogen-bond acceptors (Lipinski definition) is 4. The van der Waals surface area contributed by atoms with Crippen molar-refractivity contribution in [2.24, 2.45) is 0 Å². The van der Waals surface area contributed by atoms with Crippen LogP contribution in [-0.2, 0) is 0 Å². The number of benzene rings is 1. The predicted octanol–water partition coefficient (Wildman–Crippen LogP) is 1.31. The molecule has 0 aliphatic carbocycles. The van der Waals surface area contributed by atoms with Gasteiger partial charge in [-0.15, -0.1) is 0 Å². The number of nitrogen functional groups attached to an aromatic ring is 1. The predicted molar refractivity (Wildman–Crippen MR) is 57.0 cm³/mol. The molecule has 0 aliphatic rings. The highest BCUT2D eigenvalue weighted by Gasteiger charge is 2.14. The fraction of sp³-hybridized carbons (Fsp3) is 0.200. The molecule has 1 aromatic carbocycles. The van der Waals surface area contributed by atoms with Crippen LogP contribution in [-0.4, -0.2) is 21.9 Å². The Bertz CT molecular complexity index is 524. The van der Waals surface area contributed by atoms with Gasteiger partial charge in [-0.05, 0) is 13.0 Å². The van der Waals surface area contributed by atoms with E-state index in [2.05, 4.69) is 10.1 Å². The van der Waals surface area contributed by atoms with E-state index in [-0.39, 0.29) is 5.69 Å². The topological polar surface area (TPSA) is 66.0 Å². The molecule has 84 valence electrons. The molecule has 0 atom stereocenters.